The predicted molar refractivity (Wildman–Crippen MR) is 72.7 cm³/mol. The molecule has 1 aromatic rings. The molecular formula is C13H20N2O2S. The molecular weight excluding hydrogens is 248 g/mol. The zero-order valence-electron chi connectivity index (χ0n) is 10.8. The largest absolute Gasteiger partial charge is 0.477 e. The van der Waals surface area contributed by atoms with E-state index < -0.39 is 5.97 Å². The number of carboxylic acids is 1. The number of nitrogens with zero attached hydrogens (tertiary/aromatic N) is 1. The Morgan fingerprint density at radius 3 is 2.78 bits per heavy atom. The topological polar surface area (TPSA) is 52.6 Å². The van der Waals surface area contributed by atoms with E-state index in [0.717, 1.165) is 5.56 Å². The minimum Gasteiger partial charge on any atom is -0.477 e. The summed E-state index contributed by atoms with van der Waals surface area (Å²) in [6.45, 7) is 5.03. The Morgan fingerprint density at radius 1 is 1.50 bits per heavy atom. The third-order valence-electron chi connectivity index (χ3n) is 3.59. The van der Waals surface area contributed by atoms with Crippen molar-refractivity contribution < 1.29 is 9.90 Å². The third kappa shape index (κ3) is 2.91. The molecule has 18 heavy (non-hydrogen) atoms. The molecule has 0 aromatic carbocycles. The van der Waals surface area contributed by atoms with Crippen LogP contribution >= 0.6 is 11.3 Å². The monoisotopic (exact) mass is 268 g/mol. The van der Waals surface area contributed by atoms with E-state index in [9.17, 15) is 4.79 Å². The summed E-state index contributed by atoms with van der Waals surface area (Å²) in [5.74, 6) is -0.832. The summed E-state index contributed by atoms with van der Waals surface area (Å²) in [6.07, 6.45) is 3.68. The normalized spacial score (nSPS) is 25.2. The average molecular weight is 268 g/mol. The van der Waals surface area contributed by atoms with Gasteiger partial charge in [-0.05, 0) is 43.7 Å². The number of rotatable bonds is 4. The Hall–Kier alpha value is -0.910. The van der Waals surface area contributed by atoms with E-state index in [1.54, 1.807) is 0 Å². The Balaban J connectivity index is 1.98. The summed E-state index contributed by atoms with van der Waals surface area (Å²) < 4.78 is 0. The van der Waals surface area contributed by atoms with Crippen LogP contribution in [0, 0.1) is 0 Å². The molecule has 1 aromatic heterocycles. The van der Waals surface area contributed by atoms with Crippen LogP contribution in [0.5, 0.6) is 0 Å². The molecule has 100 valence electrons. The molecule has 1 aliphatic rings. The zero-order valence-corrected chi connectivity index (χ0v) is 11.7. The number of hydrogen-bond acceptors (Lipinski definition) is 4. The van der Waals surface area contributed by atoms with Gasteiger partial charge in [0.05, 0.1) is 0 Å². The van der Waals surface area contributed by atoms with Crippen LogP contribution in [-0.2, 0) is 6.54 Å². The fourth-order valence-corrected chi connectivity index (χ4v) is 3.33. The number of aromatic carboxylic acids is 1. The van der Waals surface area contributed by atoms with Crippen molar-refractivity contribution in [1.82, 2.24) is 10.4 Å². The van der Waals surface area contributed by atoms with Gasteiger partial charge in [-0.1, -0.05) is 6.42 Å². The van der Waals surface area contributed by atoms with Gasteiger partial charge in [-0.25, -0.2) is 9.80 Å². The maximum absolute atomic E-state index is 11.0. The molecule has 0 aliphatic carbocycles. The van der Waals surface area contributed by atoms with Gasteiger partial charge in [-0.3, -0.25) is 5.43 Å². The molecule has 0 spiro atoms. The first kappa shape index (κ1) is 13.5. The first-order chi connectivity index (χ1) is 8.59. The van der Waals surface area contributed by atoms with Crippen LogP contribution < -0.4 is 5.43 Å². The van der Waals surface area contributed by atoms with Gasteiger partial charge in [0, 0.05) is 18.6 Å². The lowest BCUT2D eigenvalue weighted by Crippen LogP contribution is -2.51. The van der Waals surface area contributed by atoms with Crippen molar-refractivity contribution in [2.24, 2.45) is 0 Å². The van der Waals surface area contributed by atoms with Crippen molar-refractivity contribution in [3.8, 4) is 0 Å². The zero-order chi connectivity index (χ0) is 13.1. The second-order valence-electron chi connectivity index (χ2n) is 4.95. The lowest BCUT2D eigenvalue weighted by molar-refractivity contribution is 0.0433. The molecule has 4 nitrogen and oxygen atoms in total. The maximum Gasteiger partial charge on any atom is 0.346 e. The molecule has 2 heterocycles. The van der Waals surface area contributed by atoms with E-state index >= 15 is 0 Å². The number of nitrogens with one attached hydrogen (secondary N) is 1. The molecule has 1 saturated heterocycles. The van der Waals surface area contributed by atoms with Gasteiger partial charge in [0.2, 0.25) is 0 Å². The van der Waals surface area contributed by atoms with Gasteiger partial charge < -0.3 is 5.11 Å². The second-order valence-corrected chi connectivity index (χ2v) is 5.87. The van der Waals surface area contributed by atoms with Gasteiger partial charge in [0.1, 0.15) is 4.88 Å². The number of thiophene rings is 1. The first-order valence-electron chi connectivity index (χ1n) is 6.41. The van der Waals surface area contributed by atoms with Crippen LogP contribution in [0.3, 0.4) is 0 Å². The van der Waals surface area contributed by atoms with Crippen molar-refractivity contribution >= 4 is 17.3 Å². The Kier molecular flexibility index (Phi) is 4.37. The van der Waals surface area contributed by atoms with E-state index in [2.05, 4.69) is 24.3 Å². The minimum absolute atomic E-state index is 0.444. The van der Waals surface area contributed by atoms with Crippen LogP contribution in [0.4, 0.5) is 0 Å². The molecule has 1 fully saturated rings. The van der Waals surface area contributed by atoms with Crippen LogP contribution in [0.2, 0.25) is 0 Å². The molecule has 2 N–H and O–H groups in total. The predicted octanol–water partition coefficient (Wildman–Crippen LogP) is 2.71. The van der Waals surface area contributed by atoms with Crippen LogP contribution in [-0.4, -0.2) is 28.2 Å². The van der Waals surface area contributed by atoms with Gasteiger partial charge in [-0.15, -0.1) is 11.3 Å². The lowest BCUT2D eigenvalue weighted by Gasteiger charge is -2.39. The Morgan fingerprint density at radius 2 is 2.17 bits per heavy atom. The first-order valence-corrected chi connectivity index (χ1v) is 7.29. The highest BCUT2D eigenvalue weighted by atomic mass is 32.1. The van der Waals surface area contributed by atoms with Crippen molar-refractivity contribution in [3.63, 3.8) is 0 Å². The fraction of sp³-hybridized carbons (Fsp3) is 0.615. The van der Waals surface area contributed by atoms with E-state index in [4.69, 9.17) is 5.11 Å². The molecule has 2 rings (SSSR count). The molecule has 2 unspecified atom stereocenters. The number of hydrazine groups is 1. The van der Waals surface area contributed by atoms with Gasteiger partial charge in [0.25, 0.3) is 0 Å². The van der Waals surface area contributed by atoms with Crippen LogP contribution in [0.15, 0.2) is 11.4 Å². The highest BCUT2D eigenvalue weighted by Gasteiger charge is 2.24. The number of piperidine rings is 1. The van der Waals surface area contributed by atoms with Crippen molar-refractivity contribution in [1.29, 1.82) is 0 Å². The molecule has 5 heteroatoms. The SMILES string of the molecule is CC1CCCC(C)N1NCc1ccsc1C(=O)O. The molecule has 0 bridgehead atoms. The summed E-state index contributed by atoms with van der Waals surface area (Å²) in [4.78, 5) is 11.5. The Bertz CT molecular complexity index is 409. The second kappa shape index (κ2) is 5.82. The Labute approximate surface area is 112 Å². The highest BCUT2D eigenvalue weighted by Crippen LogP contribution is 2.22. The number of carboxylic acid groups (broad SMARTS) is 1. The van der Waals surface area contributed by atoms with Crippen molar-refractivity contribution in [2.45, 2.75) is 51.7 Å². The van der Waals surface area contributed by atoms with Crippen molar-refractivity contribution in [3.05, 3.63) is 21.9 Å². The van der Waals surface area contributed by atoms with Crippen molar-refractivity contribution in [2.75, 3.05) is 0 Å². The highest BCUT2D eigenvalue weighted by molar-refractivity contribution is 7.12. The fourth-order valence-electron chi connectivity index (χ4n) is 2.57. The molecule has 0 amide bonds. The van der Waals surface area contributed by atoms with E-state index in [0.29, 0.717) is 23.5 Å². The summed E-state index contributed by atoms with van der Waals surface area (Å²) in [5.41, 5.74) is 4.27. The van der Waals surface area contributed by atoms with Gasteiger partial charge >= 0.3 is 5.97 Å². The molecule has 0 saturated carbocycles. The summed E-state index contributed by atoms with van der Waals surface area (Å²) >= 11 is 1.29. The average Bonchev–Trinajstić information content (AvgIpc) is 2.76. The number of hydrogen-bond donors (Lipinski definition) is 2. The lowest BCUT2D eigenvalue weighted by atomic mass is 10.00. The molecule has 1 aliphatic heterocycles. The smallest absolute Gasteiger partial charge is 0.346 e. The van der Waals surface area contributed by atoms with Crippen LogP contribution in [0.1, 0.15) is 48.3 Å². The van der Waals surface area contributed by atoms with Gasteiger partial charge in [0.15, 0.2) is 0 Å². The number of carbonyl (C=O) groups is 1. The summed E-state index contributed by atoms with van der Waals surface area (Å²) in [6, 6.07) is 2.92. The van der Waals surface area contributed by atoms with E-state index in [-0.39, 0.29) is 0 Å². The molecule has 0 radical (unpaired) electrons. The quantitative estimate of drug-likeness (QED) is 0.881. The maximum atomic E-state index is 11.0. The third-order valence-corrected chi connectivity index (χ3v) is 4.53. The van der Waals surface area contributed by atoms with E-state index in [1.165, 1.54) is 30.6 Å². The summed E-state index contributed by atoms with van der Waals surface area (Å²) in [7, 11) is 0. The molecule has 2 atom stereocenters. The minimum atomic E-state index is -0.832. The summed E-state index contributed by atoms with van der Waals surface area (Å²) in [5, 5.41) is 13.2. The van der Waals surface area contributed by atoms with E-state index in [1.807, 2.05) is 11.4 Å². The van der Waals surface area contributed by atoms with Gasteiger partial charge in [-0.2, -0.15) is 0 Å². The van der Waals surface area contributed by atoms with Crippen LogP contribution in [0.25, 0.3) is 0 Å². The standard InChI is InChI=1S/C13H20N2O2S/c1-9-4-3-5-10(2)15(9)14-8-11-6-7-18-12(11)13(16)17/h6-7,9-10,14H,3-5,8H2,1-2H3,(H,16,17).